The highest BCUT2D eigenvalue weighted by Crippen LogP contribution is 2.33. The molecule has 0 heterocycles. The van der Waals surface area contributed by atoms with Crippen LogP contribution in [0, 0.1) is 5.82 Å². The van der Waals surface area contributed by atoms with Crippen molar-refractivity contribution in [1.82, 2.24) is 5.32 Å². The molecule has 3 nitrogen and oxygen atoms in total. The average molecular weight is 359 g/mol. The zero-order chi connectivity index (χ0) is 17.8. The van der Waals surface area contributed by atoms with E-state index in [0.717, 1.165) is 36.1 Å². The number of carbonyl (C=O) groups is 1. The van der Waals surface area contributed by atoms with E-state index in [-0.39, 0.29) is 17.5 Å². The van der Waals surface area contributed by atoms with Gasteiger partial charge in [-0.1, -0.05) is 29.8 Å². The van der Waals surface area contributed by atoms with E-state index in [1.54, 1.807) is 12.1 Å². The minimum atomic E-state index is -0.507. The van der Waals surface area contributed by atoms with Gasteiger partial charge in [-0.25, -0.2) is 4.39 Å². The van der Waals surface area contributed by atoms with E-state index in [1.807, 2.05) is 25.2 Å². The van der Waals surface area contributed by atoms with Crippen LogP contribution in [0.15, 0.2) is 48.5 Å². The number of nitrogens with one attached hydrogen (secondary N) is 2. The monoisotopic (exact) mass is 358 g/mol. The van der Waals surface area contributed by atoms with Crippen molar-refractivity contribution >= 4 is 28.8 Å². The van der Waals surface area contributed by atoms with Gasteiger partial charge in [-0.2, -0.15) is 0 Å². The van der Waals surface area contributed by atoms with E-state index < -0.39 is 5.82 Å². The number of hydrogen-bond donors (Lipinski definition) is 2. The van der Waals surface area contributed by atoms with E-state index in [1.165, 1.54) is 12.1 Å². The maximum absolute atomic E-state index is 13.8. The molecule has 2 aromatic rings. The van der Waals surface area contributed by atoms with Crippen LogP contribution in [0.5, 0.6) is 0 Å². The lowest BCUT2D eigenvalue weighted by Crippen LogP contribution is -2.35. The molecule has 0 saturated heterocycles. The Balaban J connectivity index is 1.83. The van der Waals surface area contributed by atoms with E-state index in [4.69, 9.17) is 11.6 Å². The Morgan fingerprint density at radius 1 is 1.24 bits per heavy atom. The molecule has 0 saturated carbocycles. The van der Waals surface area contributed by atoms with Gasteiger partial charge >= 0.3 is 0 Å². The number of hydrogen-bond acceptors (Lipinski definition) is 2. The molecule has 1 aliphatic rings. The van der Waals surface area contributed by atoms with Crippen LogP contribution in [0.3, 0.4) is 0 Å². The predicted octanol–water partition coefficient (Wildman–Crippen LogP) is 4.89. The number of allylic oxidation sites excluding steroid dienone is 1. The molecular weight excluding hydrogens is 339 g/mol. The molecule has 0 fully saturated rings. The summed E-state index contributed by atoms with van der Waals surface area (Å²) in [5.74, 6) is -0.896. The lowest BCUT2D eigenvalue weighted by atomic mass is 9.90. The number of halogens is 2. The first kappa shape index (κ1) is 17.5. The van der Waals surface area contributed by atoms with Gasteiger partial charge < -0.3 is 10.6 Å². The lowest BCUT2D eigenvalue weighted by Gasteiger charge is -2.24. The van der Waals surface area contributed by atoms with Gasteiger partial charge in [0.1, 0.15) is 5.82 Å². The van der Waals surface area contributed by atoms with Gasteiger partial charge in [-0.15, -0.1) is 0 Å². The smallest absolute Gasteiger partial charge is 0.254 e. The second kappa shape index (κ2) is 7.70. The van der Waals surface area contributed by atoms with Crippen LogP contribution in [-0.2, 0) is 0 Å². The Morgan fingerprint density at radius 3 is 2.80 bits per heavy atom. The van der Waals surface area contributed by atoms with Crippen LogP contribution in [0.25, 0.3) is 5.57 Å². The molecule has 0 bridgehead atoms. The molecular formula is C20H20ClFN2O. The van der Waals surface area contributed by atoms with Crippen molar-refractivity contribution in [2.75, 3.05) is 12.4 Å². The molecule has 130 valence electrons. The molecule has 0 aromatic heterocycles. The van der Waals surface area contributed by atoms with Crippen molar-refractivity contribution in [2.24, 2.45) is 0 Å². The fraction of sp³-hybridized carbons (Fsp3) is 0.250. The first-order valence-electron chi connectivity index (χ1n) is 8.32. The van der Waals surface area contributed by atoms with E-state index in [9.17, 15) is 9.18 Å². The van der Waals surface area contributed by atoms with Crippen LogP contribution in [0.2, 0.25) is 5.02 Å². The molecule has 0 radical (unpaired) electrons. The summed E-state index contributed by atoms with van der Waals surface area (Å²) in [6.07, 6.45) is 4.75. The summed E-state index contributed by atoms with van der Waals surface area (Å²) in [7, 11) is 1.87. The van der Waals surface area contributed by atoms with Crippen LogP contribution in [0.1, 0.15) is 35.2 Å². The van der Waals surface area contributed by atoms with Crippen LogP contribution < -0.4 is 10.6 Å². The summed E-state index contributed by atoms with van der Waals surface area (Å²) < 4.78 is 13.8. The lowest BCUT2D eigenvalue weighted by molar-refractivity contribution is 0.0938. The number of rotatable bonds is 4. The Bertz CT molecular complexity index is 819. The van der Waals surface area contributed by atoms with Crippen LogP contribution in [0.4, 0.5) is 10.1 Å². The van der Waals surface area contributed by atoms with Crippen molar-refractivity contribution in [3.63, 3.8) is 0 Å². The highest BCUT2D eigenvalue weighted by Gasteiger charge is 2.20. The third kappa shape index (κ3) is 4.02. The summed E-state index contributed by atoms with van der Waals surface area (Å²) >= 11 is 6.14. The van der Waals surface area contributed by atoms with E-state index in [0.29, 0.717) is 5.02 Å². The third-order valence-corrected chi connectivity index (χ3v) is 4.63. The van der Waals surface area contributed by atoms with Gasteiger partial charge in [-0.3, -0.25) is 4.79 Å². The number of benzene rings is 2. The fourth-order valence-electron chi connectivity index (χ4n) is 3.15. The Labute approximate surface area is 151 Å². The van der Waals surface area contributed by atoms with Crippen LogP contribution >= 0.6 is 11.6 Å². The summed E-state index contributed by atoms with van der Waals surface area (Å²) in [5, 5.41) is 6.77. The third-order valence-electron chi connectivity index (χ3n) is 4.40. The van der Waals surface area contributed by atoms with Crippen molar-refractivity contribution in [1.29, 1.82) is 0 Å². The van der Waals surface area contributed by atoms with E-state index in [2.05, 4.69) is 16.7 Å². The second-order valence-corrected chi connectivity index (χ2v) is 6.52. The minimum absolute atomic E-state index is 0.0710. The summed E-state index contributed by atoms with van der Waals surface area (Å²) in [4.78, 5) is 12.3. The second-order valence-electron chi connectivity index (χ2n) is 6.08. The number of amides is 1. The average Bonchev–Trinajstić information content (AvgIpc) is 2.62. The van der Waals surface area contributed by atoms with E-state index >= 15 is 0 Å². The topological polar surface area (TPSA) is 41.1 Å². The zero-order valence-electron chi connectivity index (χ0n) is 14.0. The maximum atomic E-state index is 13.8. The number of carbonyl (C=O) groups excluding carboxylic acids is 1. The van der Waals surface area contributed by atoms with Gasteiger partial charge in [0.05, 0.1) is 5.56 Å². The van der Waals surface area contributed by atoms with Crippen molar-refractivity contribution in [3.8, 4) is 0 Å². The largest absolute Gasteiger partial charge is 0.388 e. The molecule has 1 atom stereocenters. The van der Waals surface area contributed by atoms with Gasteiger partial charge in [0.2, 0.25) is 0 Å². The highest BCUT2D eigenvalue weighted by atomic mass is 35.5. The molecule has 2 N–H and O–H groups in total. The molecule has 0 aliphatic heterocycles. The molecule has 25 heavy (non-hydrogen) atoms. The first-order chi connectivity index (χ1) is 12.1. The summed E-state index contributed by atoms with van der Waals surface area (Å²) in [6.45, 7) is 0. The minimum Gasteiger partial charge on any atom is -0.388 e. The van der Waals surface area contributed by atoms with Gasteiger partial charge in [0, 0.05) is 29.4 Å². The molecule has 2 aromatic carbocycles. The Hall–Kier alpha value is -2.33. The standard InChI is InChI=1S/C20H20ClFN2O/c1-23-19-10-9-14(21)12-17(19)13-5-4-6-15(11-13)24-20(25)16-7-2-3-8-18(16)22/h2-3,7-12,15,23H,4-6H2,1H3,(H,24,25). The normalized spacial score (nSPS) is 16.9. The molecule has 5 heteroatoms. The highest BCUT2D eigenvalue weighted by molar-refractivity contribution is 6.30. The number of anilines is 1. The zero-order valence-corrected chi connectivity index (χ0v) is 14.7. The van der Waals surface area contributed by atoms with Gasteiger partial charge in [0.15, 0.2) is 0 Å². The van der Waals surface area contributed by atoms with Gasteiger partial charge in [-0.05, 0) is 55.2 Å². The summed E-state index contributed by atoms with van der Waals surface area (Å²) in [6, 6.07) is 11.6. The summed E-state index contributed by atoms with van der Waals surface area (Å²) in [5.41, 5.74) is 3.25. The molecule has 1 aliphatic carbocycles. The Morgan fingerprint density at radius 2 is 2.04 bits per heavy atom. The first-order valence-corrected chi connectivity index (χ1v) is 8.70. The molecule has 3 rings (SSSR count). The van der Waals surface area contributed by atoms with Crippen molar-refractivity contribution in [3.05, 3.63) is 70.5 Å². The quantitative estimate of drug-likeness (QED) is 0.817. The molecule has 0 spiro atoms. The van der Waals surface area contributed by atoms with Gasteiger partial charge in [0.25, 0.3) is 5.91 Å². The van der Waals surface area contributed by atoms with Crippen LogP contribution in [-0.4, -0.2) is 19.0 Å². The fourth-order valence-corrected chi connectivity index (χ4v) is 3.32. The molecule has 1 unspecified atom stereocenters. The molecule has 1 amide bonds. The van der Waals surface area contributed by atoms with Crippen molar-refractivity contribution in [2.45, 2.75) is 25.3 Å². The maximum Gasteiger partial charge on any atom is 0.254 e. The Kier molecular flexibility index (Phi) is 5.39. The van der Waals surface area contributed by atoms with Crippen molar-refractivity contribution < 1.29 is 9.18 Å². The predicted molar refractivity (Wildman–Crippen MR) is 100 cm³/mol. The SMILES string of the molecule is CNc1ccc(Cl)cc1C1=CC(NC(=O)c2ccccc2F)CCC1.